The fourth-order valence-corrected chi connectivity index (χ4v) is 2.41. The first kappa shape index (κ1) is 11.8. The number of nitrogens with two attached hydrogens (primary N) is 1. The Bertz CT molecular complexity index is 741. The highest BCUT2D eigenvalue weighted by molar-refractivity contribution is 5.86. The van der Waals surface area contributed by atoms with E-state index in [9.17, 15) is 0 Å². The zero-order chi connectivity index (χ0) is 13.4. The largest absolute Gasteiger partial charge is 0.399 e. The normalized spacial score (nSPS) is 11.1. The van der Waals surface area contributed by atoms with E-state index >= 15 is 0 Å². The molecule has 0 radical (unpaired) electrons. The number of fused-ring (bicyclic) bond motifs is 1. The smallest absolute Gasteiger partial charge is 0.0764 e. The molecule has 0 atom stereocenters. The quantitative estimate of drug-likeness (QED) is 0.709. The van der Waals surface area contributed by atoms with E-state index in [4.69, 9.17) is 10.8 Å². The first-order chi connectivity index (χ1) is 9.19. The number of hydrogen-bond donors (Lipinski definition) is 1. The van der Waals surface area contributed by atoms with Gasteiger partial charge in [-0.2, -0.15) is 5.10 Å². The van der Waals surface area contributed by atoms with Crippen LogP contribution in [0, 0.1) is 6.92 Å². The fraction of sp³-hybridized carbons (Fsp3) is 0.188. The van der Waals surface area contributed by atoms with Crippen molar-refractivity contribution in [3.8, 4) is 5.69 Å². The minimum absolute atomic E-state index is 0.768. The minimum atomic E-state index is 0.768. The predicted octanol–water partition coefficient (Wildman–Crippen LogP) is 3.48. The maximum absolute atomic E-state index is 5.91. The van der Waals surface area contributed by atoms with Crippen LogP contribution < -0.4 is 5.73 Å². The Balaban J connectivity index is 2.31. The molecule has 2 aromatic carbocycles. The Morgan fingerprint density at radius 2 is 2.00 bits per heavy atom. The maximum Gasteiger partial charge on any atom is 0.0764 e. The van der Waals surface area contributed by atoms with Gasteiger partial charge in [0.15, 0.2) is 0 Å². The van der Waals surface area contributed by atoms with Gasteiger partial charge in [0.25, 0.3) is 0 Å². The lowest BCUT2D eigenvalue weighted by atomic mass is 10.1. The van der Waals surface area contributed by atoms with Crippen LogP contribution >= 0.6 is 0 Å². The second-order valence-corrected chi connectivity index (χ2v) is 4.83. The summed E-state index contributed by atoms with van der Waals surface area (Å²) in [5, 5.41) is 5.90. The second-order valence-electron chi connectivity index (χ2n) is 4.83. The summed E-state index contributed by atoms with van der Waals surface area (Å²) in [4.78, 5) is 0. The Morgan fingerprint density at radius 1 is 1.16 bits per heavy atom. The monoisotopic (exact) mass is 251 g/mol. The summed E-state index contributed by atoms with van der Waals surface area (Å²) >= 11 is 0. The van der Waals surface area contributed by atoms with Crippen molar-refractivity contribution >= 4 is 16.6 Å². The van der Waals surface area contributed by atoms with Crippen LogP contribution in [-0.2, 0) is 6.42 Å². The molecular weight excluding hydrogens is 234 g/mol. The van der Waals surface area contributed by atoms with E-state index in [1.54, 1.807) is 0 Å². The van der Waals surface area contributed by atoms with Crippen molar-refractivity contribution in [2.24, 2.45) is 0 Å². The van der Waals surface area contributed by atoms with Crippen molar-refractivity contribution in [2.45, 2.75) is 20.3 Å². The van der Waals surface area contributed by atoms with Crippen LogP contribution in [0.15, 0.2) is 42.5 Å². The Morgan fingerprint density at radius 3 is 2.74 bits per heavy atom. The SMILES string of the molecule is CCc1nn(-c2cccc(C)c2)c2cc(N)ccc12. The van der Waals surface area contributed by atoms with Crippen molar-refractivity contribution < 1.29 is 0 Å². The van der Waals surface area contributed by atoms with Gasteiger partial charge in [0.05, 0.1) is 16.9 Å². The molecule has 19 heavy (non-hydrogen) atoms. The number of aromatic nitrogens is 2. The Hall–Kier alpha value is -2.29. The number of anilines is 1. The van der Waals surface area contributed by atoms with Crippen molar-refractivity contribution in [1.29, 1.82) is 0 Å². The highest BCUT2D eigenvalue weighted by Gasteiger charge is 2.10. The summed E-state index contributed by atoms with van der Waals surface area (Å²) in [5.41, 5.74) is 11.2. The summed E-state index contributed by atoms with van der Waals surface area (Å²) in [6, 6.07) is 14.3. The summed E-state index contributed by atoms with van der Waals surface area (Å²) in [7, 11) is 0. The molecule has 0 amide bonds. The standard InChI is InChI=1S/C16H17N3/c1-3-15-14-8-7-12(17)10-16(14)19(18-15)13-6-4-5-11(2)9-13/h4-10H,3,17H2,1-2H3. The number of rotatable bonds is 2. The van der Waals surface area contributed by atoms with E-state index in [2.05, 4.69) is 44.2 Å². The van der Waals surface area contributed by atoms with Gasteiger partial charge in [-0.3, -0.25) is 0 Å². The van der Waals surface area contributed by atoms with E-state index in [1.807, 2.05) is 16.8 Å². The van der Waals surface area contributed by atoms with Gasteiger partial charge >= 0.3 is 0 Å². The van der Waals surface area contributed by atoms with Gasteiger partial charge in [-0.15, -0.1) is 0 Å². The molecule has 2 N–H and O–H groups in total. The molecule has 1 aromatic heterocycles. The van der Waals surface area contributed by atoms with Gasteiger partial charge in [-0.25, -0.2) is 4.68 Å². The van der Waals surface area contributed by atoms with Gasteiger partial charge in [0, 0.05) is 11.1 Å². The second kappa shape index (κ2) is 4.43. The van der Waals surface area contributed by atoms with E-state index in [-0.39, 0.29) is 0 Å². The van der Waals surface area contributed by atoms with Gasteiger partial charge < -0.3 is 5.73 Å². The average Bonchev–Trinajstić information content (AvgIpc) is 2.76. The number of benzene rings is 2. The third-order valence-corrected chi connectivity index (χ3v) is 3.36. The molecule has 0 saturated heterocycles. The molecule has 0 spiro atoms. The predicted molar refractivity (Wildman–Crippen MR) is 79.6 cm³/mol. The first-order valence-corrected chi connectivity index (χ1v) is 6.53. The molecule has 0 fully saturated rings. The van der Waals surface area contributed by atoms with E-state index in [0.29, 0.717) is 0 Å². The van der Waals surface area contributed by atoms with Gasteiger partial charge in [-0.1, -0.05) is 19.1 Å². The molecule has 3 nitrogen and oxygen atoms in total. The molecule has 1 heterocycles. The molecule has 3 aromatic rings. The molecule has 0 aliphatic heterocycles. The van der Waals surface area contributed by atoms with Gasteiger partial charge in [-0.05, 0) is 49.2 Å². The van der Waals surface area contributed by atoms with E-state index in [0.717, 1.165) is 29.0 Å². The fourth-order valence-electron chi connectivity index (χ4n) is 2.41. The van der Waals surface area contributed by atoms with E-state index in [1.165, 1.54) is 10.9 Å². The van der Waals surface area contributed by atoms with Crippen molar-refractivity contribution in [1.82, 2.24) is 9.78 Å². The van der Waals surface area contributed by atoms with Crippen LogP contribution in [0.4, 0.5) is 5.69 Å². The lowest BCUT2D eigenvalue weighted by Gasteiger charge is -2.04. The van der Waals surface area contributed by atoms with Gasteiger partial charge in [0.2, 0.25) is 0 Å². The molecule has 0 saturated carbocycles. The molecule has 3 heteroatoms. The molecule has 3 rings (SSSR count). The third kappa shape index (κ3) is 1.97. The summed E-state index contributed by atoms with van der Waals surface area (Å²) in [6.07, 6.45) is 0.916. The molecule has 0 unspecified atom stereocenters. The highest BCUT2D eigenvalue weighted by Crippen LogP contribution is 2.25. The minimum Gasteiger partial charge on any atom is -0.399 e. The molecular formula is C16H17N3. The molecule has 0 aliphatic carbocycles. The molecule has 0 aliphatic rings. The van der Waals surface area contributed by atoms with Gasteiger partial charge in [0.1, 0.15) is 0 Å². The van der Waals surface area contributed by atoms with Crippen LogP contribution in [0.2, 0.25) is 0 Å². The summed E-state index contributed by atoms with van der Waals surface area (Å²) in [5.74, 6) is 0. The summed E-state index contributed by atoms with van der Waals surface area (Å²) in [6.45, 7) is 4.21. The topological polar surface area (TPSA) is 43.8 Å². The lowest BCUT2D eigenvalue weighted by Crippen LogP contribution is -1.97. The zero-order valence-corrected chi connectivity index (χ0v) is 11.2. The van der Waals surface area contributed by atoms with Crippen LogP contribution in [0.1, 0.15) is 18.2 Å². The number of hydrogen-bond acceptors (Lipinski definition) is 2. The van der Waals surface area contributed by atoms with Crippen molar-refractivity contribution in [3.05, 3.63) is 53.7 Å². The van der Waals surface area contributed by atoms with Crippen LogP contribution in [-0.4, -0.2) is 9.78 Å². The average molecular weight is 251 g/mol. The van der Waals surface area contributed by atoms with Crippen LogP contribution in [0.25, 0.3) is 16.6 Å². The van der Waals surface area contributed by atoms with Crippen molar-refractivity contribution in [2.75, 3.05) is 5.73 Å². The number of nitrogen functional groups attached to an aromatic ring is 1. The number of nitrogens with zero attached hydrogens (tertiary/aromatic N) is 2. The molecule has 96 valence electrons. The summed E-state index contributed by atoms with van der Waals surface area (Å²) < 4.78 is 1.98. The lowest BCUT2D eigenvalue weighted by molar-refractivity contribution is 0.862. The molecule has 0 bridgehead atoms. The highest BCUT2D eigenvalue weighted by atomic mass is 15.3. The maximum atomic E-state index is 5.91. The first-order valence-electron chi connectivity index (χ1n) is 6.53. The van der Waals surface area contributed by atoms with Crippen molar-refractivity contribution in [3.63, 3.8) is 0 Å². The van der Waals surface area contributed by atoms with Crippen LogP contribution in [0.5, 0.6) is 0 Å². The third-order valence-electron chi connectivity index (χ3n) is 3.36. The Labute approximate surface area is 112 Å². The van der Waals surface area contributed by atoms with E-state index < -0.39 is 0 Å². The zero-order valence-electron chi connectivity index (χ0n) is 11.2. The van der Waals surface area contributed by atoms with Crippen LogP contribution in [0.3, 0.4) is 0 Å². The Kier molecular flexibility index (Phi) is 2.75. The number of aryl methyl sites for hydroxylation is 2.